The SMILES string of the molecule is CCCc1nc(=O)[nH]c2ccccc12. The number of hydrogen-bond acceptors (Lipinski definition) is 2. The van der Waals surface area contributed by atoms with E-state index in [9.17, 15) is 4.79 Å². The van der Waals surface area contributed by atoms with E-state index in [0.29, 0.717) is 0 Å². The second-order valence-corrected chi connectivity index (χ2v) is 3.28. The number of nitrogens with one attached hydrogen (secondary N) is 1. The van der Waals surface area contributed by atoms with Crippen molar-refractivity contribution >= 4 is 10.9 Å². The summed E-state index contributed by atoms with van der Waals surface area (Å²) in [7, 11) is 0. The molecule has 1 heterocycles. The lowest BCUT2D eigenvalue weighted by Crippen LogP contribution is -2.12. The van der Waals surface area contributed by atoms with Crippen LogP contribution in [-0.2, 0) is 6.42 Å². The zero-order valence-electron chi connectivity index (χ0n) is 8.08. The third kappa shape index (κ3) is 1.53. The number of aryl methyl sites for hydroxylation is 1. The maximum atomic E-state index is 11.2. The molecule has 3 nitrogen and oxygen atoms in total. The van der Waals surface area contributed by atoms with Crippen LogP contribution in [0, 0.1) is 0 Å². The second kappa shape index (κ2) is 3.62. The molecule has 0 aliphatic rings. The van der Waals surface area contributed by atoms with Crippen LogP contribution in [0.25, 0.3) is 10.9 Å². The van der Waals surface area contributed by atoms with E-state index in [1.54, 1.807) is 0 Å². The van der Waals surface area contributed by atoms with Gasteiger partial charge in [-0.25, -0.2) is 4.79 Å². The highest BCUT2D eigenvalue weighted by atomic mass is 16.1. The number of fused-ring (bicyclic) bond motifs is 1. The average Bonchev–Trinajstić information content (AvgIpc) is 2.18. The summed E-state index contributed by atoms with van der Waals surface area (Å²) in [5.74, 6) is 0. The van der Waals surface area contributed by atoms with Gasteiger partial charge < -0.3 is 4.98 Å². The fourth-order valence-corrected chi connectivity index (χ4v) is 1.60. The Morgan fingerprint density at radius 1 is 1.36 bits per heavy atom. The predicted molar refractivity (Wildman–Crippen MR) is 56.4 cm³/mol. The molecule has 0 aliphatic carbocycles. The van der Waals surface area contributed by atoms with Crippen LogP contribution in [-0.4, -0.2) is 9.97 Å². The summed E-state index contributed by atoms with van der Waals surface area (Å²) in [6.45, 7) is 2.08. The summed E-state index contributed by atoms with van der Waals surface area (Å²) in [5, 5.41) is 1.05. The molecule has 0 spiro atoms. The first-order chi connectivity index (χ1) is 6.81. The number of rotatable bonds is 2. The Labute approximate surface area is 81.8 Å². The van der Waals surface area contributed by atoms with Crippen LogP contribution in [0.3, 0.4) is 0 Å². The van der Waals surface area contributed by atoms with E-state index in [1.165, 1.54) is 0 Å². The Morgan fingerprint density at radius 2 is 2.14 bits per heavy atom. The van der Waals surface area contributed by atoms with E-state index in [2.05, 4.69) is 16.9 Å². The summed E-state index contributed by atoms with van der Waals surface area (Å²) in [4.78, 5) is 17.9. The molecule has 1 aromatic heterocycles. The summed E-state index contributed by atoms with van der Waals surface area (Å²) >= 11 is 0. The second-order valence-electron chi connectivity index (χ2n) is 3.28. The maximum absolute atomic E-state index is 11.2. The van der Waals surface area contributed by atoms with Gasteiger partial charge in [0.05, 0.1) is 11.2 Å². The first kappa shape index (κ1) is 8.94. The normalized spacial score (nSPS) is 10.6. The number of nitrogens with zero attached hydrogens (tertiary/aromatic N) is 1. The lowest BCUT2D eigenvalue weighted by atomic mass is 10.1. The molecule has 0 aliphatic heterocycles. The Morgan fingerprint density at radius 3 is 2.93 bits per heavy atom. The third-order valence-corrected chi connectivity index (χ3v) is 2.20. The molecule has 0 radical (unpaired) electrons. The van der Waals surface area contributed by atoms with Crippen molar-refractivity contribution in [2.24, 2.45) is 0 Å². The molecule has 0 bridgehead atoms. The smallest absolute Gasteiger partial charge is 0.305 e. The molecule has 2 rings (SSSR count). The molecule has 1 N–H and O–H groups in total. The van der Waals surface area contributed by atoms with E-state index in [4.69, 9.17) is 0 Å². The van der Waals surface area contributed by atoms with Crippen LogP contribution in [0.5, 0.6) is 0 Å². The van der Waals surface area contributed by atoms with Crippen LogP contribution in [0.1, 0.15) is 19.0 Å². The van der Waals surface area contributed by atoms with Gasteiger partial charge in [0.2, 0.25) is 0 Å². The first-order valence-electron chi connectivity index (χ1n) is 4.79. The molecule has 1 aromatic carbocycles. The van der Waals surface area contributed by atoms with Crippen LogP contribution in [0.4, 0.5) is 0 Å². The predicted octanol–water partition coefficient (Wildman–Crippen LogP) is 1.88. The van der Waals surface area contributed by atoms with E-state index in [1.807, 2.05) is 24.3 Å². The maximum Gasteiger partial charge on any atom is 0.345 e. The van der Waals surface area contributed by atoms with Crippen molar-refractivity contribution in [1.82, 2.24) is 9.97 Å². The van der Waals surface area contributed by atoms with Crippen LogP contribution < -0.4 is 5.69 Å². The molecular weight excluding hydrogens is 176 g/mol. The lowest BCUT2D eigenvalue weighted by Gasteiger charge is -2.02. The monoisotopic (exact) mass is 188 g/mol. The molecule has 0 amide bonds. The fraction of sp³-hybridized carbons (Fsp3) is 0.273. The molecule has 0 saturated heterocycles. The van der Waals surface area contributed by atoms with Crippen molar-refractivity contribution in [3.8, 4) is 0 Å². The first-order valence-corrected chi connectivity index (χ1v) is 4.79. The molecule has 72 valence electrons. The average molecular weight is 188 g/mol. The number of aromatic nitrogens is 2. The number of para-hydroxylation sites is 1. The highest BCUT2D eigenvalue weighted by molar-refractivity contribution is 5.80. The minimum absolute atomic E-state index is 0.257. The van der Waals surface area contributed by atoms with Gasteiger partial charge in [-0.15, -0.1) is 0 Å². The van der Waals surface area contributed by atoms with Crippen molar-refractivity contribution in [3.63, 3.8) is 0 Å². The van der Waals surface area contributed by atoms with Gasteiger partial charge in [0.15, 0.2) is 0 Å². The molecule has 3 heteroatoms. The zero-order valence-corrected chi connectivity index (χ0v) is 8.08. The topological polar surface area (TPSA) is 45.8 Å². The summed E-state index contributed by atoms with van der Waals surface area (Å²) in [6, 6.07) is 7.76. The Hall–Kier alpha value is -1.64. The largest absolute Gasteiger partial charge is 0.345 e. The van der Waals surface area contributed by atoms with Gasteiger partial charge in [-0.1, -0.05) is 31.5 Å². The van der Waals surface area contributed by atoms with Crippen LogP contribution >= 0.6 is 0 Å². The van der Waals surface area contributed by atoms with Crippen LogP contribution in [0.15, 0.2) is 29.1 Å². The van der Waals surface area contributed by atoms with Gasteiger partial charge in [-0.05, 0) is 12.5 Å². The molecule has 2 aromatic rings. The van der Waals surface area contributed by atoms with E-state index in [-0.39, 0.29) is 5.69 Å². The number of benzene rings is 1. The van der Waals surface area contributed by atoms with Crippen molar-refractivity contribution in [2.75, 3.05) is 0 Å². The Bertz CT molecular complexity index is 502. The van der Waals surface area contributed by atoms with Gasteiger partial charge in [0, 0.05) is 5.39 Å². The van der Waals surface area contributed by atoms with E-state index < -0.39 is 0 Å². The molecule has 0 unspecified atom stereocenters. The minimum Gasteiger partial charge on any atom is -0.305 e. The van der Waals surface area contributed by atoms with Crippen LogP contribution in [0.2, 0.25) is 0 Å². The standard InChI is InChI=1S/C11H12N2O/c1-2-5-9-8-6-3-4-7-10(8)13-11(14)12-9/h3-4,6-7H,2,5H2,1H3,(H,12,13,14). The minimum atomic E-state index is -0.257. The lowest BCUT2D eigenvalue weighted by molar-refractivity contribution is 0.874. The van der Waals surface area contributed by atoms with Crippen molar-refractivity contribution in [2.45, 2.75) is 19.8 Å². The summed E-state index contributed by atoms with van der Waals surface area (Å²) in [6.07, 6.45) is 1.85. The highest BCUT2D eigenvalue weighted by Crippen LogP contribution is 2.13. The van der Waals surface area contributed by atoms with Gasteiger partial charge in [0.1, 0.15) is 0 Å². The van der Waals surface area contributed by atoms with Gasteiger partial charge in [-0.3, -0.25) is 0 Å². The van der Waals surface area contributed by atoms with Crippen molar-refractivity contribution in [3.05, 3.63) is 40.4 Å². The molecule has 0 fully saturated rings. The Kier molecular flexibility index (Phi) is 2.31. The molecular formula is C11H12N2O. The van der Waals surface area contributed by atoms with E-state index in [0.717, 1.165) is 29.4 Å². The quantitative estimate of drug-likeness (QED) is 0.782. The zero-order chi connectivity index (χ0) is 9.97. The Balaban J connectivity index is 2.73. The third-order valence-electron chi connectivity index (χ3n) is 2.20. The summed E-state index contributed by atoms with van der Waals surface area (Å²) in [5.41, 5.74) is 1.51. The molecule has 14 heavy (non-hydrogen) atoms. The van der Waals surface area contributed by atoms with Gasteiger partial charge >= 0.3 is 5.69 Å². The van der Waals surface area contributed by atoms with Crippen molar-refractivity contribution < 1.29 is 0 Å². The summed E-state index contributed by atoms with van der Waals surface area (Å²) < 4.78 is 0. The van der Waals surface area contributed by atoms with Gasteiger partial charge in [0.25, 0.3) is 0 Å². The highest BCUT2D eigenvalue weighted by Gasteiger charge is 2.02. The van der Waals surface area contributed by atoms with E-state index >= 15 is 0 Å². The number of aromatic amines is 1. The van der Waals surface area contributed by atoms with Gasteiger partial charge in [-0.2, -0.15) is 4.98 Å². The number of hydrogen-bond donors (Lipinski definition) is 1. The fourth-order valence-electron chi connectivity index (χ4n) is 1.60. The molecule has 0 atom stereocenters. The molecule has 0 saturated carbocycles. The number of H-pyrrole nitrogens is 1. The van der Waals surface area contributed by atoms with Crippen molar-refractivity contribution in [1.29, 1.82) is 0 Å².